The molecule has 1 aliphatic heterocycles. The fraction of sp³-hybridized carbons (Fsp3) is 0.250. The molecule has 118 valence electrons. The molecule has 2 aromatic carbocycles. The van der Waals surface area contributed by atoms with Gasteiger partial charge in [0, 0.05) is 13.1 Å². The average molecular weight is 305 g/mol. The van der Waals surface area contributed by atoms with E-state index in [2.05, 4.69) is 82.4 Å². The Labute approximate surface area is 138 Å². The summed E-state index contributed by atoms with van der Waals surface area (Å²) in [4.78, 5) is 4.34. The van der Waals surface area contributed by atoms with E-state index in [1.54, 1.807) is 0 Å². The van der Waals surface area contributed by atoms with E-state index >= 15 is 0 Å². The quantitative estimate of drug-likeness (QED) is 0.802. The highest BCUT2D eigenvalue weighted by Gasteiger charge is 2.04. The maximum atomic E-state index is 4.34. The monoisotopic (exact) mass is 305 g/mol. The number of allylic oxidation sites excluding steroid dienone is 1. The Morgan fingerprint density at radius 3 is 2.22 bits per heavy atom. The van der Waals surface area contributed by atoms with Gasteiger partial charge in [0.15, 0.2) is 5.96 Å². The Morgan fingerprint density at radius 1 is 1.00 bits per heavy atom. The van der Waals surface area contributed by atoms with E-state index in [9.17, 15) is 0 Å². The minimum Gasteiger partial charge on any atom is -0.356 e. The fourth-order valence-electron chi connectivity index (χ4n) is 2.71. The maximum absolute atomic E-state index is 4.34. The van der Waals surface area contributed by atoms with Crippen LogP contribution in [0.25, 0.3) is 5.57 Å². The van der Waals surface area contributed by atoms with Gasteiger partial charge in [-0.1, -0.05) is 66.7 Å². The van der Waals surface area contributed by atoms with Gasteiger partial charge in [0.25, 0.3) is 0 Å². The van der Waals surface area contributed by atoms with Crippen molar-refractivity contribution in [2.24, 2.45) is 4.99 Å². The lowest BCUT2D eigenvalue weighted by Gasteiger charge is -2.09. The first kappa shape index (κ1) is 15.3. The lowest BCUT2D eigenvalue weighted by atomic mass is 9.96. The number of unbranched alkanes of at least 4 members (excludes halogenated alkanes) is 1. The Morgan fingerprint density at radius 2 is 1.65 bits per heavy atom. The highest BCUT2D eigenvalue weighted by atomic mass is 15.2. The van der Waals surface area contributed by atoms with E-state index < -0.39 is 0 Å². The molecule has 2 aromatic rings. The van der Waals surface area contributed by atoms with Gasteiger partial charge in [-0.3, -0.25) is 4.99 Å². The molecule has 0 spiro atoms. The van der Waals surface area contributed by atoms with Gasteiger partial charge in [0.2, 0.25) is 0 Å². The zero-order valence-corrected chi connectivity index (χ0v) is 13.3. The summed E-state index contributed by atoms with van der Waals surface area (Å²) in [5.41, 5.74) is 3.85. The van der Waals surface area contributed by atoms with Crippen molar-refractivity contribution in [2.75, 3.05) is 19.6 Å². The third-order valence-corrected chi connectivity index (χ3v) is 3.87. The first-order valence-corrected chi connectivity index (χ1v) is 8.27. The minimum atomic E-state index is 0.883. The molecule has 2 N–H and O–H groups in total. The van der Waals surface area contributed by atoms with Crippen molar-refractivity contribution in [3.8, 4) is 0 Å². The number of benzene rings is 2. The molecule has 3 rings (SSSR count). The van der Waals surface area contributed by atoms with Crippen LogP contribution in [0.3, 0.4) is 0 Å². The van der Waals surface area contributed by atoms with Gasteiger partial charge in [-0.05, 0) is 29.5 Å². The molecule has 23 heavy (non-hydrogen) atoms. The molecular formula is C20H23N3. The molecule has 3 nitrogen and oxygen atoms in total. The highest BCUT2D eigenvalue weighted by molar-refractivity contribution is 5.81. The first-order chi connectivity index (χ1) is 11.4. The van der Waals surface area contributed by atoms with Gasteiger partial charge >= 0.3 is 0 Å². The molecule has 0 unspecified atom stereocenters. The molecule has 0 bridgehead atoms. The third-order valence-electron chi connectivity index (χ3n) is 3.87. The molecule has 0 atom stereocenters. The molecule has 1 aliphatic rings. The molecule has 0 radical (unpaired) electrons. The van der Waals surface area contributed by atoms with Crippen LogP contribution in [0.5, 0.6) is 0 Å². The zero-order chi connectivity index (χ0) is 15.7. The van der Waals surface area contributed by atoms with E-state index in [0.717, 1.165) is 38.4 Å². The van der Waals surface area contributed by atoms with Crippen LogP contribution in [-0.2, 0) is 0 Å². The van der Waals surface area contributed by atoms with Crippen LogP contribution in [0.1, 0.15) is 24.0 Å². The Bertz CT molecular complexity index is 618. The smallest absolute Gasteiger partial charge is 0.191 e. The molecule has 0 saturated carbocycles. The highest BCUT2D eigenvalue weighted by Crippen LogP contribution is 2.23. The van der Waals surface area contributed by atoms with Gasteiger partial charge in [-0.15, -0.1) is 0 Å². The summed E-state index contributed by atoms with van der Waals surface area (Å²) in [5, 5.41) is 6.58. The number of aliphatic imine (C=N–C) groups is 1. The second kappa shape index (κ2) is 8.18. The van der Waals surface area contributed by atoms with Crippen molar-refractivity contribution in [3.05, 3.63) is 77.9 Å². The molecule has 0 aliphatic carbocycles. The Hall–Kier alpha value is -2.55. The number of hydrogen-bond donors (Lipinski definition) is 2. The summed E-state index contributed by atoms with van der Waals surface area (Å²) in [6.45, 7) is 2.78. The topological polar surface area (TPSA) is 36.4 Å². The number of rotatable bonds is 6. The molecule has 0 amide bonds. The van der Waals surface area contributed by atoms with Crippen molar-refractivity contribution in [1.82, 2.24) is 10.6 Å². The molecule has 0 saturated heterocycles. The lowest BCUT2D eigenvalue weighted by Crippen LogP contribution is -2.34. The predicted molar refractivity (Wildman–Crippen MR) is 97.5 cm³/mol. The number of guanidine groups is 1. The summed E-state index contributed by atoms with van der Waals surface area (Å²) < 4.78 is 0. The van der Waals surface area contributed by atoms with E-state index in [4.69, 9.17) is 0 Å². The normalized spacial score (nSPS) is 13.1. The molecule has 3 heteroatoms. The van der Waals surface area contributed by atoms with Crippen LogP contribution < -0.4 is 10.6 Å². The van der Waals surface area contributed by atoms with Crippen LogP contribution in [0, 0.1) is 0 Å². The van der Waals surface area contributed by atoms with Crippen molar-refractivity contribution < 1.29 is 0 Å². The van der Waals surface area contributed by atoms with Crippen LogP contribution >= 0.6 is 0 Å². The fourth-order valence-corrected chi connectivity index (χ4v) is 2.71. The van der Waals surface area contributed by atoms with E-state index in [-0.39, 0.29) is 0 Å². The first-order valence-electron chi connectivity index (χ1n) is 8.27. The molecule has 0 fully saturated rings. The average Bonchev–Trinajstić information content (AvgIpc) is 3.13. The van der Waals surface area contributed by atoms with Gasteiger partial charge < -0.3 is 10.6 Å². The molecule has 1 heterocycles. The standard InChI is InChI=1S/C20H23N3/c1-3-9-17(10-4-1)19(18-11-5-2-6-12-18)13-7-8-14-21-20-22-15-16-23-20/h1-6,9-13H,7-8,14-16H2,(H2,21,22,23). The van der Waals surface area contributed by atoms with Crippen molar-refractivity contribution in [2.45, 2.75) is 12.8 Å². The van der Waals surface area contributed by atoms with Crippen molar-refractivity contribution in [3.63, 3.8) is 0 Å². The molecular weight excluding hydrogens is 282 g/mol. The van der Waals surface area contributed by atoms with E-state index in [1.807, 2.05) is 0 Å². The Kier molecular flexibility index (Phi) is 5.46. The summed E-state index contributed by atoms with van der Waals surface area (Å²) in [6.07, 6.45) is 4.47. The number of hydrogen-bond acceptors (Lipinski definition) is 3. The molecule has 0 aromatic heterocycles. The zero-order valence-electron chi connectivity index (χ0n) is 13.3. The second-order valence-electron chi connectivity index (χ2n) is 5.58. The van der Waals surface area contributed by atoms with Crippen molar-refractivity contribution >= 4 is 11.5 Å². The summed E-state index contributed by atoms with van der Waals surface area (Å²) in [7, 11) is 0. The Balaban J connectivity index is 1.63. The van der Waals surface area contributed by atoms with Gasteiger partial charge in [-0.25, -0.2) is 0 Å². The number of nitrogens with zero attached hydrogens (tertiary/aromatic N) is 1. The summed E-state index contributed by atoms with van der Waals surface area (Å²) in [6, 6.07) is 21.2. The van der Waals surface area contributed by atoms with E-state index in [1.165, 1.54) is 16.7 Å². The van der Waals surface area contributed by atoms with Crippen molar-refractivity contribution in [1.29, 1.82) is 0 Å². The minimum absolute atomic E-state index is 0.883. The second-order valence-corrected chi connectivity index (χ2v) is 5.58. The van der Waals surface area contributed by atoms with E-state index in [0.29, 0.717) is 0 Å². The van der Waals surface area contributed by atoms with Crippen LogP contribution in [0.4, 0.5) is 0 Å². The largest absolute Gasteiger partial charge is 0.356 e. The van der Waals surface area contributed by atoms with Gasteiger partial charge in [-0.2, -0.15) is 0 Å². The lowest BCUT2D eigenvalue weighted by molar-refractivity contribution is 0.774. The third kappa shape index (κ3) is 4.46. The summed E-state index contributed by atoms with van der Waals surface area (Å²) in [5.74, 6) is 0.945. The van der Waals surface area contributed by atoms with Crippen LogP contribution in [0.15, 0.2) is 71.7 Å². The van der Waals surface area contributed by atoms with Gasteiger partial charge in [0.1, 0.15) is 0 Å². The number of nitrogens with one attached hydrogen (secondary N) is 2. The summed E-state index contributed by atoms with van der Waals surface area (Å²) >= 11 is 0. The predicted octanol–water partition coefficient (Wildman–Crippen LogP) is 3.45. The van der Waals surface area contributed by atoms with Crippen LogP contribution in [0.2, 0.25) is 0 Å². The maximum Gasteiger partial charge on any atom is 0.191 e. The SMILES string of the molecule is C(CCCNC1=NCCN1)=C(c1ccccc1)c1ccccc1. The van der Waals surface area contributed by atoms with Gasteiger partial charge in [0.05, 0.1) is 6.54 Å². The van der Waals surface area contributed by atoms with Crippen LogP contribution in [-0.4, -0.2) is 25.6 Å².